The Balaban J connectivity index is 1.50. The number of carboxylic acid groups (broad SMARTS) is 1. The number of hydrogen-bond donors (Lipinski definition) is 1. The molecule has 0 unspecified atom stereocenters. The molecule has 186 valence electrons. The number of amides is 2. The second kappa shape index (κ2) is 10.1. The van der Waals surface area contributed by atoms with Gasteiger partial charge in [0.2, 0.25) is 5.91 Å². The SMILES string of the molecule is CCN(C(=O)[C@H]1CCN(C(=O)c2ccc(OCC(C)(C)C(=O)O)cc2)c2ccccc21)C1CCC1. The smallest absolute Gasteiger partial charge is 0.312 e. The summed E-state index contributed by atoms with van der Waals surface area (Å²) in [6, 6.07) is 14.8. The number of likely N-dealkylation sites (N-methyl/N-ethyl adjacent to an activating group) is 1. The van der Waals surface area contributed by atoms with Crippen LogP contribution in [0.2, 0.25) is 0 Å². The number of rotatable bonds is 8. The average Bonchev–Trinajstić information content (AvgIpc) is 2.83. The molecule has 1 fully saturated rings. The van der Waals surface area contributed by atoms with E-state index in [1.165, 1.54) is 6.42 Å². The third-order valence-corrected chi connectivity index (χ3v) is 7.21. The fourth-order valence-corrected chi connectivity index (χ4v) is 4.70. The first-order valence-electron chi connectivity index (χ1n) is 12.4. The molecule has 2 amide bonds. The molecule has 1 aliphatic heterocycles. The number of ether oxygens (including phenoxy) is 1. The number of carbonyl (C=O) groups excluding carboxylic acids is 2. The van der Waals surface area contributed by atoms with E-state index in [1.807, 2.05) is 36.1 Å². The molecule has 0 aromatic heterocycles. The van der Waals surface area contributed by atoms with Gasteiger partial charge in [-0.3, -0.25) is 14.4 Å². The van der Waals surface area contributed by atoms with E-state index in [9.17, 15) is 19.5 Å². The van der Waals surface area contributed by atoms with Gasteiger partial charge in [-0.15, -0.1) is 0 Å². The molecule has 1 atom stereocenters. The van der Waals surface area contributed by atoms with Crippen molar-refractivity contribution in [2.75, 3.05) is 24.6 Å². The summed E-state index contributed by atoms with van der Waals surface area (Å²) in [4.78, 5) is 41.9. The van der Waals surface area contributed by atoms with Crippen molar-refractivity contribution in [1.82, 2.24) is 4.90 Å². The predicted molar refractivity (Wildman–Crippen MR) is 134 cm³/mol. The van der Waals surface area contributed by atoms with E-state index in [0.29, 0.717) is 36.9 Å². The lowest BCUT2D eigenvalue weighted by Crippen LogP contribution is -2.48. The maximum Gasteiger partial charge on any atom is 0.312 e. The van der Waals surface area contributed by atoms with Crippen LogP contribution in [0.5, 0.6) is 5.75 Å². The van der Waals surface area contributed by atoms with E-state index in [-0.39, 0.29) is 24.3 Å². The number of para-hydroxylation sites is 1. The first-order chi connectivity index (χ1) is 16.7. The third kappa shape index (κ3) is 5.04. The molecule has 0 saturated heterocycles. The van der Waals surface area contributed by atoms with Gasteiger partial charge in [-0.1, -0.05) is 18.2 Å². The standard InChI is InChI=1S/C28H34N2O5/c1-4-29(20-8-7-9-20)26(32)23-16-17-30(24-11-6-5-10-22(23)24)25(31)19-12-14-21(15-13-19)35-18-28(2,3)27(33)34/h5-6,10-15,20,23H,4,7-9,16-18H2,1-3H3,(H,33,34)/t23-/m0/s1. The van der Waals surface area contributed by atoms with E-state index in [1.54, 1.807) is 43.0 Å². The largest absolute Gasteiger partial charge is 0.492 e. The Morgan fingerprint density at radius 2 is 1.74 bits per heavy atom. The van der Waals surface area contributed by atoms with Crippen LogP contribution >= 0.6 is 0 Å². The number of aliphatic carboxylic acids is 1. The second-order valence-corrected chi connectivity index (χ2v) is 10.1. The summed E-state index contributed by atoms with van der Waals surface area (Å²) in [5, 5.41) is 9.25. The van der Waals surface area contributed by atoms with Crippen molar-refractivity contribution < 1.29 is 24.2 Å². The van der Waals surface area contributed by atoms with Gasteiger partial charge in [0.15, 0.2) is 0 Å². The quantitative estimate of drug-likeness (QED) is 0.594. The van der Waals surface area contributed by atoms with Crippen LogP contribution in [0.25, 0.3) is 0 Å². The van der Waals surface area contributed by atoms with E-state index < -0.39 is 11.4 Å². The molecule has 2 aromatic rings. The maximum atomic E-state index is 13.5. The van der Waals surface area contributed by atoms with E-state index in [0.717, 1.165) is 24.1 Å². The highest BCUT2D eigenvalue weighted by Gasteiger charge is 2.37. The first-order valence-corrected chi connectivity index (χ1v) is 12.4. The van der Waals surface area contributed by atoms with E-state index in [4.69, 9.17) is 4.74 Å². The summed E-state index contributed by atoms with van der Waals surface area (Å²) < 4.78 is 5.63. The van der Waals surface area contributed by atoms with Gasteiger partial charge in [-0.05, 0) is 82.3 Å². The van der Waals surface area contributed by atoms with Crippen molar-refractivity contribution in [2.45, 2.75) is 58.4 Å². The van der Waals surface area contributed by atoms with E-state index >= 15 is 0 Å². The number of hydrogen-bond acceptors (Lipinski definition) is 4. The van der Waals surface area contributed by atoms with Gasteiger partial charge >= 0.3 is 5.97 Å². The minimum Gasteiger partial charge on any atom is -0.492 e. The molecular formula is C28H34N2O5. The van der Waals surface area contributed by atoms with E-state index in [2.05, 4.69) is 0 Å². The zero-order valence-electron chi connectivity index (χ0n) is 20.7. The van der Waals surface area contributed by atoms with Gasteiger partial charge in [0, 0.05) is 30.4 Å². The molecule has 0 spiro atoms. The monoisotopic (exact) mass is 478 g/mol. The molecule has 7 nitrogen and oxygen atoms in total. The summed E-state index contributed by atoms with van der Waals surface area (Å²) >= 11 is 0. The van der Waals surface area contributed by atoms with Crippen LogP contribution in [-0.2, 0) is 9.59 Å². The highest BCUT2D eigenvalue weighted by atomic mass is 16.5. The van der Waals surface area contributed by atoms with Crippen molar-refractivity contribution in [2.24, 2.45) is 5.41 Å². The molecule has 1 saturated carbocycles. The highest BCUT2D eigenvalue weighted by Crippen LogP contribution is 2.38. The highest BCUT2D eigenvalue weighted by molar-refractivity contribution is 6.07. The third-order valence-electron chi connectivity index (χ3n) is 7.21. The fraction of sp³-hybridized carbons (Fsp3) is 0.464. The van der Waals surface area contributed by atoms with Crippen molar-refractivity contribution >= 4 is 23.5 Å². The Bertz CT molecular complexity index is 1090. The topological polar surface area (TPSA) is 87.2 Å². The van der Waals surface area contributed by atoms with Crippen molar-refractivity contribution in [3.8, 4) is 5.75 Å². The lowest BCUT2D eigenvalue weighted by molar-refractivity contribution is -0.148. The summed E-state index contributed by atoms with van der Waals surface area (Å²) in [5.74, 6) is -0.616. The minimum absolute atomic E-state index is 0.0280. The summed E-state index contributed by atoms with van der Waals surface area (Å²) in [6.07, 6.45) is 3.92. The number of anilines is 1. The summed E-state index contributed by atoms with van der Waals surface area (Å²) in [7, 11) is 0. The first kappa shape index (κ1) is 24.8. The van der Waals surface area contributed by atoms with Crippen LogP contribution in [0.4, 0.5) is 5.69 Å². The lowest BCUT2D eigenvalue weighted by atomic mass is 9.85. The van der Waals surface area contributed by atoms with Crippen molar-refractivity contribution in [3.63, 3.8) is 0 Å². The number of benzene rings is 2. The predicted octanol–water partition coefficient (Wildman–Crippen LogP) is 4.71. The lowest BCUT2D eigenvalue weighted by Gasteiger charge is -2.41. The zero-order valence-corrected chi connectivity index (χ0v) is 20.7. The van der Waals surface area contributed by atoms with Crippen molar-refractivity contribution in [3.05, 3.63) is 59.7 Å². The summed E-state index contributed by atoms with van der Waals surface area (Å²) in [5.41, 5.74) is 1.20. The van der Waals surface area contributed by atoms with Crippen molar-refractivity contribution in [1.29, 1.82) is 0 Å². The van der Waals surface area contributed by atoms with Gasteiger partial charge in [-0.2, -0.15) is 0 Å². The molecular weight excluding hydrogens is 444 g/mol. The Morgan fingerprint density at radius 1 is 1.06 bits per heavy atom. The Labute approximate surface area is 206 Å². The number of carboxylic acids is 1. The molecule has 0 radical (unpaired) electrons. The molecule has 1 heterocycles. The van der Waals surface area contributed by atoms with Crippen LogP contribution in [0.3, 0.4) is 0 Å². The van der Waals surface area contributed by atoms with Gasteiger partial charge < -0.3 is 19.6 Å². The molecule has 35 heavy (non-hydrogen) atoms. The Hall–Kier alpha value is -3.35. The minimum atomic E-state index is -1.01. The van der Waals surface area contributed by atoms with Gasteiger partial charge in [0.05, 0.1) is 11.3 Å². The molecule has 2 aliphatic rings. The zero-order chi connectivity index (χ0) is 25.2. The molecule has 1 aliphatic carbocycles. The van der Waals surface area contributed by atoms with Crippen LogP contribution in [-0.4, -0.2) is 53.5 Å². The Morgan fingerprint density at radius 3 is 2.34 bits per heavy atom. The number of fused-ring (bicyclic) bond motifs is 1. The van der Waals surface area contributed by atoms with Crippen LogP contribution in [0.1, 0.15) is 68.3 Å². The second-order valence-electron chi connectivity index (χ2n) is 10.1. The molecule has 1 N–H and O–H groups in total. The molecule has 0 bridgehead atoms. The van der Waals surface area contributed by atoms with Gasteiger partial charge in [0.25, 0.3) is 5.91 Å². The average molecular weight is 479 g/mol. The molecule has 7 heteroatoms. The van der Waals surface area contributed by atoms with Crippen LogP contribution < -0.4 is 9.64 Å². The normalized spacial score (nSPS) is 17.8. The number of nitrogens with zero attached hydrogens (tertiary/aromatic N) is 2. The van der Waals surface area contributed by atoms with Crippen LogP contribution in [0, 0.1) is 5.41 Å². The number of carbonyl (C=O) groups is 3. The maximum absolute atomic E-state index is 13.5. The molecule has 4 rings (SSSR count). The van der Waals surface area contributed by atoms with Crippen LogP contribution in [0.15, 0.2) is 48.5 Å². The Kier molecular flexibility index (Phi) is 7.15. The summed E-state index contributed by atoms with van der Waals surface area (Å²) in [6.45, 7) is 6.45. The molecule has 2 aromatic carbocycles. The van der Waals surface area contributed by atoms with Gasteiger partial charge in [-0.25, -0.2) is 0 Å². The fourth-order valence-electron chi connectivity index (χ4n) is 4.70. The van der Waals surface area contributed by atoms with Gasteiger partial charge in [0.1, 0.15) is 12.4 Å².